The summed E-state index contributed by atoms with van der Waals surface area (Å²) in [5, 5.41) is 0.521. The van der Waals surface area contributed by atoms with Gasteiger partial charge in [0, 0.05) is 19.6 Å². The largest absolute Gasteiger partial charge is 0.489 e. The number of hydrogen-bond acceptors (Lipinski definition) is 10. The highest BCUT2D eigenvalue weighted by Crippen LogP contribution is 2.44. The molecule has 1 amide bonds. The van der Waals surface area contributed by atoms with Crippen molar-refractivity contribution in [2.24, 2.45) is 0 Å². The second kappa shape index (κ2) is 10.2. The maximum Gasteiger partial charge on any atom is 0.410 e. The zero-order chi connectivity index (χ0) is 29.1. The van der Waals surface area contributed by atoms with Crippen molar-refractivity contribution >= 4 is 46.1 Å². The van der Waals surface area contributed by atoms with Crippen molar-refractivity contribution in [3.8, 4) is 17.4 Å². The van der Waals surface area contributed by atoms with Crippen LogP contribution in [-0.4, -0.2) is 80.5 Å². The quantitative estimate of drug-likeness (QED) is 0.410. The molecule has 12 nitrogen and oxygen atoms in total. The van der Waals surface area contributed by atoms with Gasteiger partial charge in [0.15, 0.2) is 16.5 Å². The van der Waals surface area contributed by atoms with Gasteiger partial charge >= 0.3 is 17.8 Å². The van der Waals surface area contributed by atoms with E-state index in [2.05, 4.69) is 19.9 Å². The zero-order valence-electron chi connectivity index (χ0n) is 23.4. The van der Waals surface area contributed by atoms with Crippen molar-refractivity contribution in [2.75, 3.05) is 38.3 Å². The van der Waals surface area contributed by atoms with E-state index in [0.717, 1.165) is 0 Å². The predicted molar refractivity (Wildman–Crippen MR) is 151 cm³/mol. The van der Waals surface area contributed by atoms with Crippen molar-refractivity contribution in [3.63, 3.8) is 0 Å². The number of fused-ring (bicyclic) bond motifs is 2. The highest BCUT2D eigenvalue weighted by atomic mass is 35.5. The minimum Gasteiger partial charge on any atom is -0.489 e. The Hall–Kier alpha value is -3.38. The van der Waals surface area contributed by atoms with Gasteiger partial charge in [0.2, 0.25) is 0 Å². The van der Waals surface area contributed by atoms with E-state index in [1.54, 1.807) is 11.8 Å². The highest BCUT2D eigenvalue weighted by molar-refractivity contribution is 6.43. The monoisotopic (exact) mass is 591 g/mol. The molecule has 0 saturated carbocycles. The fraction of sp³-hybridized carbons (Fsp3) is 0.538. The molecular formula is C26H31Cl2N7O5. The first-order valence-corrected chi connectivity index (χ1v) is 13.7. The summed E-state index contributed by atoms with van der Waals surface area (Å²) < 4.78 is 18.4. The summed E-state index contributed by atoms with van der Waals surface area (Å²) in [5.41, 5.74) is 0.518. The molecule has 5 rings (SSSR count). The number of piperazine rings is 1. The standard InChI is InChI=1S/C26H31Cl2N7O5/c1-12(2)17-18(13(3)29-23(30-17)38-7)35-22-15-19(16(27)20(28)31-22)39-11-14-10-33(25(37)40-26(4,5)6)8-9-34(14)21(15)32-24(35)36/h12,14H,8-11H2,1-7H3/t14-/m1/s1. The number of methoxy groups -OCH3 is 1. The Labute approximate surface area is 241 Å². The first kappa shape index (κ1) is 28.2. The van der Waals surface area contributed by atoms with Gasteiger partial charge in [-0.2, -0.15) is 15.0 Å². The van der Waals surface area contributed by atoms with Crippen LogP contribution in [0.15, 0.2) is 4.79 Å². The van der Waals surface area contributed by atoms with Gasteiger partial charge in [0.05, 0.1) is 30.2 Å². The van der Waals surface area contributed by atoms with Crippen molar-refractivity contribution < 1.29 is 19.0 Å². The maximum absolute atomic E-state index is 13.8. The summed E-state index contributed by atoms with van der Waals surface area (Å²) in [6.45, 7) is 12.4. The SMILES string of the molecule is COc1nc(C)c(-n2c(=O)nc3c4c(c(Cl)c(Cl)nc42)OC[C@H]2CN(C(=O)OC(C)(C)C)CCN32)c(C(C)C)n1. The third kappa shape index (κ3) is 4.87. The van der Waals surface area contributed by atoms with Gasteiger partial charge in [-0.15, -0.1) is 0 Å². The second-order valence-electron chi connectivity index (χ2n) is 11.1. The zero-order valence-corrected chi connectivity index (χ0v) is 24.9. The number of anilines is 1. The molecule has 1 fully saturated rings. The summed E-state index contributed by atoms with van der Waals surface area (Å²) in [5.74, 6) is 0.540. The smallest absolute Gasteiger partial charge is 0.410 e. The molecule has 14 heteroatoms. The molecule has 0 spiro atoms. The van der Waals surface area contributed by atoms with Crippen LogP contribution in [-0.2, 0) is 4.74 Å². The summed E-state index contributed by atoms with van der Waals surface area (Å²) >= 11 is 13.1. The molecule has 0 radical (unpaired) electrons. The van der Waals surface area contributed by atoms with Crippen LogP contribution >= 0.6 is 23.2 Å². The van der Waals surface area contributed by atoms with Crippen LogP contribution in [0.25, 0.3) is 16.7 Å². The number of hydrogen-bond donors (Lipinski definition) is 0. The van der Waals surface area contributed by atoms with E-state index >= 15 is 0 Å². The molecule has 40 heavy (non-hydrogen) atoms. The fourth-order valence-corrected chi connectivity index (χ4v) is 5.34. The molecule has 0 N–H and O–H groups in total. The average molecular weight is 592 g/mol. The van der Waals surface area contributed by atoms with Gasteiger partial charge < -0.3 is 24.0 Å². The second-order valence-corrected chi connectivity index (χ2v) is 11.8. The lowest BCUT2D eigenvalue weighted by Crippen LogP contribution is -2.57. The van der Waals surface area contributed by atoms with Crippen LogP contribution in [0.3, 0.4) is 0 Å². The Balaban J connectivity index is 1.70. The Bertz CT molecular complexity index is 1570. The van der Waals surface area contributed by atoms with E-state index in [9.17, 15) is 9.59 Å². The van der Waals surface area contributed by atoms with Gasteiger partial charge in [0.1, 0.15) is 28.4 Å². The molecule has 0 bridgehead atoms. The minimum absolute atomic E-state index is 0.0251. The number of halogens is 2. The molecule has 2 aliphatic heterocycles. The Morgan fingerprint density at radius 3 is 2.50 bits per heavy atom. The lowest BCUT2D eigenvalue weighted by Gasteiger charge is -2.41. The number of aryl methyl sites for hydroxylation is 1. The van der Waals surface area contributed by atoms with E-state index in [-0.39, 0.29) is 46.1 Å². The molecule has 0 unspecified atom stereocenters. The molecule has 3 aromatic heterocycles. The first-order chi connectivity index (χ1) is 18.8. The van der Waals surface area contributed by atoms with Crippen LogP contribution in [0.2, 0.25) is 10.2 Å². The Kier molecular flexibility index (Phi) is 7.20. The van der Waals surface area contributed by atoms with Gasteiger partial charge in [-0.1, -0.05) is 37.0 Å². The van der Waals surface area contributed by atoms with Crippen molar-refractivity contribution in [1.82, 2.24) is 29.4 Å². The summed E-state index contributed by atoms with van der Waals surface area (Å²) in [7, 11) is 1.48. The van der Waals surface area contributed by atoms with Gasteiger partial charge in [-0.3, -0.25) is 0 Å². The van der Waals surface area contributed by atoms with Crippen molar-refractivity contribution in [2.45, 2.75) is 59.1 Å². The number of ether oxygens (including phenoxy) is 3. The topological polar surface area (TPSA) is 125 Å². The number of pyridine rings is 1. The third-order valence-electron chi connectivity index (χ3n) is 6.71. The van der Waals surface area contributed by atoms with Crippen molar-refractivity contribution in [1.29, 1.82) is 0 Å². The van der Waals surface area contributed by atoms with Crippen LogP contribution < -0.4 is 20.1 Å². The summed E-state index contributed by atoms with van der Waals surface area (Å²) in [4.78, 5) is 48.2. The molecule has 0 aliphatic carbocycles. The highest BCUT2D eigenvalue weighted by Gasteiger charge is 2.38. The molecule has 2 aliphatic rings. The van der Waals surface area contributed by atoms with Gasteiger partial charge in [-0.05, 0) is 33.6 Å². The molecule has 1 saturated heterocycles. The van der Waals surface area contributed by atoms with Crippen molar-refractivity contribution in [3.05, 3.63) is 32.0 Å². The lowest BCUT2D eigenvalue weighted by molar-refractivity contribution is 0.0202. The average Bonchev–Trinajstić information content (AvgIpc) is 3.03. The van der Waals surface area contributed by atoms with E-state index in [1.807, 2.05) is 39.5 Å². The Morgan fingerprint density at radius 2 is 1.85 bits per heavy atom. The number of carbonyl (C=O) groups is 1. The third-order valence-corrected chi connectivity index (χ3v) is 7.43. The predicted octanol–water partition coefficient (Wildman–Crippen LogP) is 4.14. The normalized spacial score (nSPS) is 17.0. The van der Waals surface area contributed by atoms with E-state index in [4.69, 9.17) is 37.4 Å². The number of aromatic nitrogens is 5. The first-order valence-electron chi connectivity index (χ1n) is 12.9. The number of rotatable bonds is 3. The maximum atomic E-state index is 13.8. The fourth-order valence-electron chi connectivity index (χ4n) is 4.98. The summed E-state index contributed by atoms with van der Waals surface area (Å²) in [6.07, 6.45) is -0.415. The van der Waals surface area contributed by atoms with Gasteiger partial charge in [0.25, 0.3) is 0 Å². The number of amides is 1. The van der Waals surface area contributed by atoms with Crippen LogP contribution in [0.5, 0.6) is 11.8 Å². The van der Waals surface area contributed by atoms with Crippen LogP contribution in [0.1, 0.15) is 51.9 Å². The molecular weight excluding hydrogens is 561 g/mol. The minimum atomic E-state index is -0.628. The lowest BCUT2D eigenvalue weighted by atomic mass is 10.1. The van der Waals surface area contributed by atoms with E-state index in [0.29, 0.717) is 47.9 Å². The van der Waals surface area contributed by atoms with E-state index < -0.39 is 17.4 Å². The number of nitrogens with zero attached hydrogens (tertiary/aromatic N) is 7. The van der Waals surface area contributed by atoms with Crippen LogP contribution in [0.4, 0.5) is 10.6 Å². The molecule has 214 valence electrons. The van der Waals surface area contributed by atoms with Crippen LogP contribution in [0, 0.1) is 6.92 Å². The Morgan fingerprint density at radius 1 is 1.12 bits per heavy atom. The summed E-state index contributed by atoms with van der Waals surface area (Å²) in [6, 6.07) is -0.139. The molecule has 5 heterocycles. The molecule has 3 aromatic rings. The van der Waals surface area contributed by atoms with E-state index in [1.165, 1.54) is 11.7 Å². The molecule has 0 aromatic carbocycles. The number of carbonyl (C=O) groups excluding carboxylic acids is 1. The van der Waals surface area contributed by atoms with Gasteiger partial charge in [-0.25, -0.2) is 19.1 Å². The molecule has 1 atom stereocenters.